The van der Waals surface area contributed by atoms with Gasteiger partial charge in [-0.25, -0.2) is 0 Å². The van der Waals surface area contributed by atoms with Crippen molar-refractivity contribution < 1.29 is 34.6 Å². The average molecular weight is 159 g/mol. The van der Waals surface area contributed by atoms with Crippen molar-refractivity contribution in [2.45, 2.75) is 0 Å². The molecule has 1 atom stereocenters. The predicted octanol–water partition coefficient (Wildman–Crippen LogP) is -3.26. The molecule has 0 rings (SSSR count). The largest absolute Gasteiger partial charge is 2.00 e. The second-order valence-corrected chi connectivity index (χ2v) is 0.307. The van der Waals surface area contributed by atoms with Crippen LogP contribution in [0.25, 0.3) is 0 Å². The Morgan fingerprint density at radius 3 is 1.33 bits per heavy atom. The molecule has 0 bridgehead atoms. The minimum Gasteiger partial charge on any atom is -0.871 e. The zero-order valence-electron chi connectivity index (χ0n) is 3.26. The van der Waals surface area contributed by atoms with Gasteiger partial charge in [-0.15, -0.1) is 0 Å². The van der Waals surface area contributed by atoms with Crippen molar-refractivity contribution in [3.63, 3.8) is 0 Å². The minimum absolute atomic E-state index is 0. The van der Waals surface area contributed by atoms with Crippen molar-refractivity contribution in [3.05, 3.63) is 0 Å². The fraction of sp³-hybridized carbons (Fsp3) is 0. The summed E-state index contributed by atoms with van der Waals surface area (Å²) in [6.07, 6.45) is 0. The molecule has 0 aromatic heterocycles. The molecular formula is H4BO3PZn. The van der Waals surface area contributed by atoms with Gasteiger partial charge in [-0.1, -0.05) is 0 Å². The van der Waals surface area contributed by atoms with Crippen LogP contribution in [0, 0.1) is 0 Å². The Bertz CT molecular complexity index is 15.5. The first kappa shape index (κ1) is 15.8. The fourth-order valence-corrected chi connectivity index (χ4v) is 0. The van der Waals surface area contributed by atoms with Crippen molar-refractivity contribution in [2.75, 3.05) is 0 Å². The summed E-state index contributed by atoms with van der Waals surface area (Å²) in [5.74, 6) is 0. The molecule has 0 heterocycles. The topological polar surface area (TPSA) is 66.3 Å². The molecule has 0 radical (unpaired) electrons. The minimum atomic E-state index is -2.67. The molecule has 0 aromatic rings. The van der Waals surface area contributed by atoms with Gasteiger partial charge in [-0.2, -0.15) is 9.90 Å². The summed E-state index contributed by atoms with van der Waals surface area (Å²) >= 11 is 0. The Morgan fingerprint density at radius 1 is 1.33 bits per heavy atom. The summed E-state index contributed by atoms with van der Waals surface area (Å²) in [5.41, 5.74) is 0. The van der Waals surface area contributed by atoms with E-state index < -0.39 is 7.32 Å². The van der Waals surface area contributed by atoms with Crippen molar-refractivity contribution >= 4 is 17.2 Å². The second-order valence-electron chi connectivity index (χ2n) is 0.307. The summed E-state index contributed by atoms with van der Waals surface area (Å²) in [6.45, 7) is 0. The van der Waals surface area contributed by atoms with Crippen LogP contribution >= 0.6 is 9.90 Å². The second kappa shape index (κ2) is 9.37. The van der Waals surface area contributed by atoms with E-state index in [0.717, 1.165) is 0 Å². The van der Waals surface area contributed by atoms with E-state index in [1.807, 2.05) is 0 Å². The van der Waals surface area contributed by atoms with Gasteiger partial charge in [0.25, 0.3) is 0 Å². The first-order valence-electron chi connectivity index (χ1n) is 0.730. The SMILES string of the molecule is P.[O-]B([O-])O.[Zn+2]. The van der Waals surface area contributed by atoms with Gasteiger partial charge in [-0.3, -0.25) is 0 Å². The summed E-state index contributed by atoms with van der Waals surface area (Å²) in [7, 11) is -2.67. The van der Waals surface area contributed by atoms with Crippen LogP contribution in [-0.2, 0) is 19.5 Å². The number of hydrogen-bond donors (Lipinski definition) is 1. The molecule has 32 valence electrons. The molecule has 0 amide bonds. The Balaban J connectivity index is -0.0000000450. The van der Waals surface area contributed by atoms with E-state index in [4.69, 9.17) is 15.1 Å². The molecular weight excluding hydrogens is 155 g/mol. The zero-order chi connectivity index (χ0) is 3.58. The fourth-order valence-electron chi connectivity index (χ4n) is 0. The van der Waals surface area contributed by atoms with Gasteiger partial charge in [0.05, 0.1) is 7.32 Å². The molecule has 6 heteroatoms. The van der Waals surface area contributed by atoms with E-state index in [-0.39, 0.29) is 29.4 Å². The van der Waals surface area contributed by atoms with Crippen molar-refractivity contribution in [3.8, 4) is 0 Å². The van der Waals surface area contributed by atoms with Gasteiger partial charge in [0, 0.05) is 0 Å². The maximum atomic E-state index is 8.53. The summed E-state index contributed by atoms with van der Waals surface area (Å²) in [6, 6.07) is 0. The molecule has 1 unspecified atom stereocenters. The molecule has 0 spiro atoms. The van der Waals surface area contributed by atoms with Crippen molar-refractivity contribution in [1.29, 1.82) is 0 Å². The first-order chi connectivity index (χ1) is 1.73. The van der Waals surface area contributed by atoms with Gasteiger partial charge in [0.2, 0.25) is 0 Å². The van der Waals surface area contributed by atoms with Crippen LogP contribution < -0.4 is 10.0 Å². The Morgan fingerprint density at radius 2 is 1.33 bits per heavy atom. The molecule has 0 fully saturated rings. The molecule has 0 saturated carbocycles. The van der Waals surface area contributed by atoms with E-state index in [1.54, 1.807) is 0 Å². The average Bonchev–Trinajstić information content (AvgIpc) is 0.811. The van der Waals surface area contributed by atoms with E-state index in [0.29, 0.717) is 0 Å². The summed E-state index contributed by atoms with van der Waals surface area (Å²) in [5, 5.41) is 24.0. The maximum Gasteiger partial charge on any atom is 2.00 e. The van der Waals surface area contributed by atoms with E-state index in [1.165, 1.54) is 0 Å². The quantitative estimate of drug-likeness (QED) is 0.298. The van der Waals surface area contributed by atoms with Gasteiger partial charge >= 0.3 is 19.5 Å². The van der Waals surface area contributed by atoms with E-state index >= 15 is 0 Å². The van der Waals surface area contributed by atoms with Crippen molar-refractivity contribution in [2.24, 2.45) is 0 Å². The van der Waals surface area contributed by atoms with Crippen LogP contribution in [0.1, 0.15) is 0 Å². The molecule has 3 nitrogen and oxygen atoms in total. The zero-order valence-corrected chi connectivity index (χ0v) is 7.64. The van der Waals surface area contributed by atoms with Crippen LogP contribution in [-0.4, -0.2) is 12.3 Å². The molecule has 6 heavy (non-hydrogen) atoms. The molecule has 0 aromatic carbocycles. The Kier molecular flexibility index (Phi) is 24.6. The van der Waals surface area contributed by atoms with Gasteiger partial charge in [-0.05, 0) is 0 Å². The van der Waals surface area contributed by atoms with Crippen LogP contribution in [0.2, 0.25) is 0 Å². The molecule has 0 saturated heterocycles. The summed E-state index contributed by atoms with van der Waals surface area (Å²) < 4.78 is 0. The third-order valence-corrected chi connectivity index (χ3v) is 0. The molecule has 0 aliphatic heterocycles. The summed E-state index contributed by atoms with van der Waals surface area (Å²) in [4.78, 5) is 0. The Labute approximate surface area is 52.3 Å². The monoisotopic (exact) mass is 158 g/mol. The standard InChI is InChI=1S/BHO3.H3P.Zn/c2-1(3)4;;/h2H;1H3;/q-2;;+2. The number of rotatable bonds is 0. The van der Waals surface area contributed by atoms with E-state index in [9.17, 15) is 0 Å². The van der Waals surface area contributed by atoms with Gasteiger partial charge in [0.1, 0.15) is 0 Å². The number of hydrogen-bond acceptors (Lipinski definition) is 3. The van der Waals surface area contributed by atoms with E-state index in [2.05, 4.69) is 0 Å². The van der Waals surface area contributed by atoms with Crippen molar-refractivity contribution in [1.82, 2.24) is 0 Å². The predicted molar refractivity (Wildman–Crippen MR) is 19.1 cm³/mol. The third-order valence-electron chi connectivity index (χ3n) is 0. The van der Waals surface area contributed by atoms with Gasteiger partial charge in [0.15, 0.2) is 0 Å². The molecule has 1 N–H and O–H groups in total. The van der Waals surface area contributed by atoms with Crippen LogP contribution in [0.4, 0.5) is 0 Å². The maximum absolute atomic E-state index is 8.53. The van der Waals surface area contributed by atoms with Crippen LogP contribution in [0.15, 0.2) is 0 Å². The van der Waals surface area contributed by atoms with Gasteiger partial charge < -0.3 is 15.1 Å². The first-order valence-corrected chi connectivity index (χ1v) is 0.730. The van der Waals surface area contributed by atoms with Crippen LogP contribution in [0.5, 0.6) is 0 Å². The van der Waals surface area contributed by atoms with Crippen LogP contribution in [0.3, 0.4) is 0 Å². The third kappa shape index (κ3) is 80.2. The molecule has 0 aliphatic carbocycles. The molecule has 0 aliphatic rings. The Hall–Kier alpha value is 0.998. The normalized spacial score (nSPS) is 4.50. The smallest absolute Gasteiger partial charge is 0.871 e.